The number of nitrogens with one attached hydrogen (secondary N) is 2. The van der Waals surface area contributed by atoms with Gasteiger partial charge in [-0.3, -0.25) is 15.1 Å². The van der Waals surface area contributed by atoms with E-state index in [0.29, 0.717) is 5.69 Å². The molecule has 0 radical (unpaired) electrons. The lowest BCUT2D eigenvalue weighted by Crippen LogP contribution is -2.10. The van der Waals surface area contributed by atoms with E-state index >= 15 is 0 Å². The molecule has 0 saturated heterocycles. The molecule has 5 heteroatoms. The van der Waals surface area contributed by atoms with Crippen molar-refractivity contribution in [2.75, 3.05) is 5.32 Å². The minimum Gasteiger partial charge on any atom is -0.292 e. The zero-order chi connectivity index (χ0) is 11.4. The summed E-state index contributed by atoms with van der Waals surface area (Å²) in [5, 5.41) is 10.7. The van der Waals surface area contributed by atoms with Crippen molar-refractivity contribution in [1.82, 2.24) is 9.97 Å². The van der Waals surface area contributed by atoms with Crippen molar-refractivity contribution in [3.63, 3.8) is 0 Å². The van der Waals surface area contributed by atoms with Crippen LogP contribution in [0.25, 0.3) is 11.3 Å². The van der Waals surface area contributed by atoms with Crippen molar-refractivity contribution in [3.05, 3.63) is 46.8 Å². The molecule has 0 atom stereocenters. The predicted octanol–water partition coefficient (Wildman–Crippen LogP) is 1.33. The molecule has 2 aromatic rings. The first-order chi connectivity index (χ1) is 7.79. The number of aromatic nitrogens is 2. The summed E-state index contributed by atoms with van der Waals surface area (Å²) in [6.45, 7) is 0. The summed E-state index contributed by atoms with van der Waals surface area (Å²) in [4.78, 5) is 17.8. The largest absolute Gasteiger partial charge is 0.292 e. The minimum atomic E-state index is -0.299. The number of aromatic amines is 1. The van der Waals surface area contributed by atoms with Crippen molar-refractivity contribution >= 4 is 5.95 Å². The van der Waals surface area contributed by atoms with Crippen LogP contribution in [0.3, 0.4) is 0 Å². The standard InChI is InChI=1S/C11H8N4O/c12-7-13-11-14-9(6-10(16)15-11)8-4-2-1-3-5-8/h1-6H,(H2,13,14,15,16). The average Bonchev–Trinajstić information content (AvgIpc) is 2.30. The molecule has 1 aromatic heterocycles. The third-order valence-corrected chi connectivity index (χ3v) is 1.99. The number of nitrogens with zero attached hydrogens (tertiary/aromatic N) is 2. The first kappa shape index (κ1) is 9.93. The smallest absolute Gasteiger partial charge is 0.252 e. The van der Waals surface area contributed by atoms with E-state index in [-0.39, 0.29) is 11.5 Å². The summed E-state index contributed by atoms with van der Waals surface area (Å²) in [6, 6.07) is 10.7. The first-order valence-electron chi connectivity index (χ1n) is 4.61. The van der Waals surface area contributed by atoms with Crippen LogP contribution in [0.15, 0.2) is 41.2 Å². The monoisotopic (exact) mass is 212 g/mol. The third kappa shape index (κ3) is 2.07. The van der Waals surface area contributed by atoms with Crippen molar-refractivity contribution in [2.45, 2.75) is 0 Å². The van der Waals surface area contributed by atoms with Gasteiger partial charge in [-0.05, 0) is 0 Å². The SMILES string of the molecule is N#CNc1nc(-c2ccccc2)cc(=O)[nH]1. The fraction of sp³-hybridized carbons (Fsp3) is 0. The van der Waals surface area contributed by atoms with E-state index in [0.717, 1.165) is 5.56 Å². The van der Waals surface area contributed by atoms with Crippen LogP contribution in [-0.2, 0) is 0 Å². The first-order valence-corrected chi connectivity index (χ1v) is 4.61. The molecule has 0 amide bonds. The Labute approximate surface area is 91.4 Å². The Bertz CT molecular complexity index is 583. The van der Waals surface area contributed by atoms with Gasteiger partial charge >= 0.3 is 0 Å². The molecule has 78 valence electrons. The van der Waals surface area contributed by atoms with Crippen LogP contribution in [0.1, 0.15) is 0 Å². The number of anilines is 1. The van der Waals surface area contributed by atoms with E-state index in [9.17, 15) is 4.79 Å². The van der Waals surface area contributed by atoms with E-state index in [4.69, 9.17) is 5.26 Å². The number of hydrogen-bond acceptors (Lipinski definition) is 4. The highest BCUT2D eigenvalue weighted by Crippen LogP contribution is 2.14. The number of nitriles is 1. The summed E-state index contributed by atoms with van der Waals surface area (Å²) in [5.74, 6) is 0.147. The van der Waals surface area contributed by atoms with Gasteiger partial charge in [0.05, 0.1) is 5.69 Å². The fourth-order valence-electron chi connectivity index (χ4n) is 1.33. The Hall–Kier alpha value is -2.61. The zero-order valence-electron chi connectivity index (χ0n) is 8.27. The number of H-pyrrole nitrogens is 1. The minimum absolute atomic E-state index is 0.147. The average molecular weight is 212 g/mol. The molecule has 16 heavy (non-hydrogen) atoms. The number of benzene rings is 1. The van der Waals surface area contributed by atoms with Crippen LogP contribution in [0.5, 0.6) is 0 Å². The van der Waals surface area contributed by atoms with Crippen LogP contribution in [0.2, 0.25) is 0 Å². The highest BCUT2D eigenvalue weighted by atomic mass is 16.1. The highest BCUT2D eigenvalue weighted by molar-refractivity contribution is 5.59. The van der Waals surface area contributed by atoms with Gasteiger partial charge in [0, 0.05) is 11.6 Å². The molecule has 0 spiro atoms. The summed E-state index contributed by atoms with van der Waals surface area (Å²) in [7, 11) is 0. The van der Waals surface area contributed by atoms with E-state index in [1.807, 2.05) is 30.3 Å². The summed E-state index contributed by atoms with van der Waals surface area (Å²) in [5.41, 5.74) is 1.06. The van der Waals surface area contributed by atoms with Crippen molar-refractivity contribution < 1.29 is 0 Å². The van der Waals surface area contributed by atoms with Gasteiger partial charge in [0.25, 0.3) is 5.56 Å². The molecule has 0 fully saturated rings. The number of hydrogen-bond donors (Lipinski definition) is 2. The molecule has 0 saturated carbocycles. The molecule has 0 aliphatic heterocycles. The van der Waals surface area contributed by atoms with Gasteiger partial charge in [-0.2, -0.15) is 5.26 Å². The van der Waals surface area contributed by atoms with Crippen molar-refractivity contribution in [3.8, 4) is 17.5 Å². The molecule has 1 heterocycles. The molecular weight excluding hydrogens is 204 g/mol. The van der Waals surface area contributed by atoms with Gasteiger partial charge < -0.3 is 0 Å². The van der Waals surface area contributed by atoms with Crippen LogP contribution in [-0.4, -0.2) is 9.97 Å². The molecule has 2 rings (SSSR count). The lowest BCUT2D eigenvalue weighted by Gasteiger charge is -2.01. The van der Waals surface area contributed by atoms with E-state index < -0.39 is 0 Å². The Kier molecular flexibility index (Phi) is 2.65. The second-order valence-electron chi connectivity index (χ2n) is 3.08. The number of rotatable bonds is 2. The lowest BCUT2D eigenvalue weighted by molar-refractivity contribution is 1.13. The molecule has 0 aliphatic rings. The molecule has 0 aliphatic carbocycles. The molecule has 5 nitrogen and oxygen atoms in total. The second-order valence-corrected chi connectivity index (χ2v) is 3.08. The Morgan fingerprint density at radius 1 is 1.31 bits per heavy atom. The Morgan fingerprint density at radius 2 is 2.06 bits per heavy atom. The van der Waals surface area contributed by atoms with Gasteiger partial charge in [0.2, 0.25) is 5.95 Å². The van der Waals surface area contributed by atoms with Gasteiger partial charge in [-0.25, -0.2) is 4.98 Å². The summed E-state index contributed by atoms with van der Waals surface area (Å²) < 4.78 is 0. The molecule has 0 unspecified atom stereocenters. The quantitative estimate of drug-likeness (QED) is 0.581. The lowest BCUT2D eigenvalue weighted by atomic mass is 10.1. The molecular formula is C11H8N4O. The molecule has 2 N–H and O–H groups in total. The second kappa shape index (κ2) is 4.28. The molecule has 1 aromatic carbocycles. The van der Waals surface area contributed by atoms with E-state index in [2.05, 4.69) is 15.3 Å². The van der Waals surface area contributed by atoms with Gasteiger partial charge in [0.15, 0.2) is 6.19 Å². The summed E-state index contributed by atoms with van der Waals surface area (Å²) in [6.07, 6.45) is 1.71. The highest BCUT2D eigenvalue weighted by Gasteiger charge is 2.02. The van der Waals surface area contributed by atoms with Crippen LogP contribution < -0.4 is 10.9 Å². The maximum atomic E-state index is 11.3. The van der Waals surface area contributed by atoms with Crippen molar-refractivity contribution in [1.29, 1.82) is 5.26 Å². The van der Waals surface area contributed by atoms with Crippen molar-refractivity contribution in [2.24, 2.45) is 0 Å². The summed E-state index contributed by atoms with van der Waals surface area (Å²) >= 11 is 0. The van der Waals surface area contributed by atoms with Gasteiger partial charge in [-0.15, -0.1) is 0 Å². The Balaban J connectivity index is 2.51. The van der Waals surface area contributed by atoms with Crippen LogP contribution >= 0.6 is 0 Å². The van der Waals surface area contributed by atoms with E-state index in [1.54, 1.807) is 6.19 Å². The third-order valence-electron chi connectivity index (χ3n) is 1.99. The maximum absolute atomic E-state index is 11.3. The predicted molar refractivity (Wildman–Crippen MR) is 59.5 cm³/mol. The topological polar surface area (TPSA) is 81.6 Å². The maximum Gasteiger partial charge on any atom is 0.252 e. The van der Waals surface area contributed by atoms with Gasteiger partial charge in [-0.1, -0.05) is 30.3 Å². The molecule has 0 bridgehead atoms. The zero-order valence-corrected chi connectivity index (χ0v) is 8.27. The van der Waals surface area contributed by atoms with Crippen LogP contribution in [0, 0.1) is 11.5 Å². The Morgan fingerprint density at radius 3 is 2.75 bits per heavy atom. The van der Waals surface area contributed by atoms with Gasteiger partial charge in [0.1, 0.15) is 0 Å². The van der Waals surface area contributed by atoms with Crippen LogP contribution in [0.4, 0.5) is 5.95 Å². The fourth-order valence-corrected chi connectivity index (χ4v) is 1.33. The van der Waals surface area contributed by atoms with E-state index in [1.165, 1.54) is 6.07 Å². The normalized spacial score (nSPS) is 9.44.